The van der Waals surface area contributed by atoms with Gasteiger partial charge in [0.1, 0.15) is 0 Å². The van der Waals surface area contributed by atoms with Crippen LogP contribution in [-0.2, 0) is 12.8 Å². The van der Waals surface area contributed by atoms with Crippen LogP contribution in [0.1, 0.15) is 84.3 Å². The van der Waals surface area contributed by atoms with Crippen LogP contribution in [0.5, 0.6) is 0 Å². The van der Waals surface area contributed by atoms with Crippen molar-refractivity contribution < 1.29 is 9.90 Å². The number of aryl methyl sites for hydroxylation is 2. The number of rotatable bonds is 5. The van der Waals surface area contributed by atoms with Crippen molar-refractivity contribution in [2.45, 2.75) is 83.2 Å². The average molecular weight is 405 g/mol. The first kappa shape index (κ1) is 20.4. The van der Waals surface area contributed by atoms with Crippen molar-refractivity contribution in [1.82, 2.24) is 10.2 Å². The summed E-state index contributed by atoms with van der Waals surface area (Å²) in [7, 11) is 0. The van der Waals surface area contributed by atoms with Gasteiger partial charge in [-0.1, -0.05) is 25.7 Å². The number of carbonyl (C=O) groups is 1. The number of fused-ring (bicyclic) bond motifs is 1. The molecule has 0 radical (unpaired) electrons. The number of carbonyl (C=O) groups excluding carboxylic acids is 1. The highest BCUT2D eigenvalue weighted by atomic mass is 32.1. The molecule has 4 rings (SSSR count). The van der Waals surface area contributed by atoms with Crippen molar-refractivity contribution in [2.75, 3.05) is 26.2 Å². The molecule has 28 heavy (non-hydrogen) atoms. The van der Waals surface area contributed by atoms with Crippen LogP contribution in [0.15, 0.2) is 6.07 Å². The largest absolute Gasteiger partial charge is 0.393 e. The summed E-state index contributed by atoms with van der Waals surface area (Å²) >= 11 is 1.73. The molecule has 1 aromatic heterocycles. The molecule has 1 aliphatic heterocycles. The van der Waals surface area contributed by atoms with E-state index < -0.39 is 0 Å². The number of likely N-dealkylation sites (tertiary alicyclic amines) is 1. The molecular formula is C23H36N2O2S. The van der Waals surface area contributed by atoms with Gasteiger partial charge in [-0.3, -0.25) is 4.79 Å². The van der Waals surface area contributed by atoms with E-state index in [-0.39, 0.29) is 17.4 Å². The van der Waals surface area contributed by atoms with Gasteiger partial charge in [0.25, 0.3) is 5.91 Å². The first-order valence-electron chi connectivity index (χ1n) is 11.4. The summed E-state index contributed by atoms with van der Waals surface area (Å²) in [5.41, 5.74) is 1.65. The Labute approximate surface area is 173 Å². The Bertz CT molecular complexity index is 632. The number of piperidine rings is 1. The lowest BCUT2D eigenvalue weighted by Gasteiger charge is -2.38. The molecule has 0 bridgehead atoms. The second-order valence-electron chi connectivity index (χ2n) is 9.37. The Hall–Kier alpha value is -0.910. The molecule has 2 fully saturated rings. The third-order valence-corrected chi connectivity index (χ3v) is 8.36. The molecule has 1 saturated carbocycles. The molecule has 1 saturated heterocycles. The molecule has 2 aliphatic carbocycles. The van der Waals surface area contributed by atoms with Crippen LogP contribution in [0.4, 0.5) is 0 Å². The van der Waals surface area contributed by atoms with Crippen LogP contribution in [0.3, 0.4) is 0 Å². The second kappa shape index (κ2) is 9.27. The lowest BCUT2D eigenvalue weighted by Crippen LogP contribution is -2.47. The van der Waals surface area contributed by atoms with Crippen molar-refractivity contribution in [2.24, 2.45) is 5.41 Å². The van der Waals surface area contributed by atoms with E-state index >= 15 is 0 Å². The predicted octanol–water partition coefficient (Wildman–Crippen LogP) is 4.15. The Balaban J connectivity index is 1.36. The van der Waals surface area contributed by atoms with E-state index in [0.29, 0.717) is 0 Å². The molecule has 0 atom stereocenters. The smallest absolute Gasteiger partial charge is 0.261 e. The topological polar surface area (TPSA) is 52.6 Å². The zero-order chi connectivity index (χ0) is 19.4. The van der Waals surface area contributed by atoms with Gasteiger partial charge in [-0.25, -0.2) is 0 Å². The van der Waals surface area contributed by atoms with Gasteiger partial charge in [0.15, 0.2) is 0 Å². The van der Waals surface area contributed by atoms with E-state index in [4.69, 9.17) is 0 Å². The van der Waals surface area contributed by atoms with Crippen molar-refractivity contribution in [1.29, 1.82) is 0 Å². The minimum atomic E-state index is -0.117. The molecule has 5 heteroatoms. The first-order valence-corrected chi connectivity index (χ1v) is 12.3. The highest BCUT2D eigenvalue weighted by Crippen LogP contribution is 2.39. The normalized spacial score (nSPS) is 23.8. The van der Waals surface area contributed by atoms with E-state index in [9.17, 15) is 9.90 Å². The first-order chi connectivity index (χ1) is 13.6. The van der Waals surface area contributed by atoms with E-state index in [0.717, 1.165) is 56.7 Å². The van der Waals surface area contributed by atoms with Crippen molar-refractivity contribution in [3.63, 3.8) is 0 Å². The van der Waals surface area contributed by atoms with Gasteiger partial charge in [0.05, 0.1) is 11.0 Å². The SMILES string of the molecule is O=C(NCC1(CN2CCC(O)CC2)CCCC1)c1cc2c(s1)CCCCCC2. The molecule has 0 aromatic carbocycles. The van der Waals surface area contributed by atoms with E-state index in [1.54, 1.807) is 11.3 Å². The minimum absolute atomic E-state index is 0.117. The van der Waals surface area contributed by atoms with E-state index in [1.807, 2.05) is 0 Å². The lowest BCUT2D eigenvalue weighted by atomic mass is 9.84. The van der Waals surface area contributed by atoms with Gasteiger partial charge in [-0.2, -0.15) is 0 Å². The van der Waals surface area contributed by atoms with Gasteiger partial charge >= 0.3 is 0 Å². The minimum Gasteiger partial charge on any atom is -0.393 e. The molecule has 2 N–H and O–H groups in total. The average Bonchev–Trinajstić information content (AvgIpc) is 3.29. The molecule has 0 unspecified atom stereocenters. The second-order valence-corrected chi connectivity index (χ2v) is 10.5. The summed E-state index contributed by atoms with van der Waals surface area (Å²) < 4.78 is 0. The van der Waals surface area contributed by atoms with Crippen LogP contribution >= 0.6 is 11.3 Å². The number of thiophene rings is 1. The molecule has 156 valence electrons. The third-order valence-electron chi connectivity index (χ3n) is 7.12. The molecular weight excluding hydrogens is 368 g/mol. The van der Waals surface area contributed by atoms with Gasteiger partial charge in [-0.15, -0.1) is 11.3 Å². The Morgan fingerprint density at radius 3 is 2.57 bits per heavy atom. The van der Waals surface area contributed by atoms with Crippen LogP contribution in [0.25, 0.3) is 0 Å². The van der Waals surface area contributed by atoms with Crippen LogP contribution in [-0.4, -0.2) is 48.2 Å². The van der Waals surface area contributed by atoms with E-state index in [2.05, 4.69) is 16.3 Å². The fraction of sp³-hybridized carbons (Fsp3) is 0.783. The molecule has 1 amide bonds. The summed E-state index contributed by atoms with van der Waals surface area (Å²) in [5.74, 6) is 0.136. The number of aliphatic hydroxyl groups excluding tert-OH is 1. The van der Waals surface area contributed by atoms with Crippen molar-refractivity contribution >= 4 is 17.2 Å². The summed E-state index contributed by atoms with van der Waals surface area (Å²) in [4.78, 5) is 17.8. The van der Waals surface area contributed by atoms with Gasteiger partial charge in [-0.05, 0) is 63.0 Å². The number of hydrogen-bond acceptors (Lipinski definition) is 4. The van der Waals surface area contributed by atoms with Gasteiger partial charge in [0.2, 0.25) is 0 Å². The number of nitrogens with one attached hydrogen (secondary N) is 1. The molecule has 1 aromatic rings. The summed E-state index contributed by atoms with van der Waals surface area (Å²) in [5, 5.41) is 13.1. The van der Waals surface area contributed by atoms with Crippen LogP contribution in [0.2, 0.25) is 0 Å². The van der Waals surface area contributed by atoms with Crippen LogP contribution in [0, 0.1) is 5.41 Å². The molecule has 0 spiro atoms. The number of hydrogen-bond donors (Lipinski definition) is 2. The standard InChI is InChI=1S/C23H36N2O2S/c26-19-9-13-25(14-10-19)17-23(11-5-6-12-23)16-24-22(27)21-15-18-7-3-1-2-4-8-20(18)28-21/h15,19,26H,1-14,16-17H2,(H,24,27). The zero-order valence-corrected chi connectivity index (χ0v) is 18.0. The molecule has 4 nitrogen and oxygen atoms in total. The summed E-state index contributed by atoms with van der Waals surface area (Å²) in [6, 6.07) is 2.17. The van der Waals surface area contributed by atoms with Crippen molar-refractivity contribution in [3.05, 3.63) is 21.4 Å². The van der Waals surface area contributed by atoms with Crippen LogP contribution < -0.4 is 5.32 Å². The van der Waals surface area contributed by atoms with Gasteiger partial charge in [0, 0.05) is 36.5 Å². The highest BCUT2D eigenvalue weighted by Gasteiger charge is 2.36. The summed E-state index contributed by atoms with van der Waals surface area (Å²) in [6.07, 6.45) is 14.1. The van der Waals surface area contributed by atoms with E-state index in [1.165, 1.54) is 61.8 Å². The van der Waals surface area contributed by atoms with Crippen molar-refractivity contribution in [3.8, 4) is 0 Å². The number of amides is 1. The zero-order valence-electron chi connectivity index (χ0n) is 17.2. The third kappa shape index (κ3) is 4.98. The fourth-order valence-electron chi connectivity index (χ4n) is 5.38. The predicted molar refractivity (Wildman–Crippen MR) is 115 cm³/mol. The van der Waals surface area contributed by atoms with Gasteiger partial charge < -0.3 is 15.3 Å². The molecule has 3 aliphatic rings. The monoisotopic (exact) mass is 404 g/mol. The maximum absolute atomic E-state index is 12.9. The maximum atomic E-state index is 12.9. The Morgan fingerprint density at radius 1 is 1.11 bits per heavy atom. The summed E-state index contributed by atoms with van der Waals surface area (Å²) in [6.45, 7) is 3.86. The number of aliphatic hydroxyl groups is 1. The lowest BCUT2D eigenvalue weighted by molar-refractivity contribution is 0.0558. The molecule has 2 heterocycles. The number of nitrogens with zero attached hydrogens (tertiary/aromatic N) is 1. The Kier molecular flexibility index (Phi) is 6.74. The highest BCUT2D eigenvalue weighted by molar-refractivity contribution is 7.14. The quantitative estimate of drug-likeness (QED) is 0.775. The fourth-order valence-corrected chi connectivity index (χ4v) is 6.55. The maximum Gasteiger partial charge on any atom is 0.261 e. The Morgan fingerprint density at radius 2 is 1.82 bits per heavy atom.